The summed E-state index contributed by atoms with van der Waals surface area (Å²) in [6, 6.07) is -1.04. The molecule has 0 saturated heterocycles. The normalized spacial score (nSPS) is 14.2. The van der Waals surface area contributed by atoms with Crippen LogP contribution in [0.5, 0.6) is 0 Å². The number of hydrogen-bond donors (Lipinski definition) is 3. The summed E-state index contributed by atoms with van der Waals surface area (Å²) in [4.78, 5) is 2.53. The van der Waals surface area contributed by atoms with E-state index in [-0.39, 0.29) is 6.42 Å². The topological polar surface area (TPSA) is 109 Å². The molecule has 0 unspecified atom stereocenters. The van der Waals surface area contributed by atoms with Crippen molar-refractivity contribution in [2.75, 3.05) is 6.61 Å². The van der Waals surface area contributed by atoms with Crippen LogP contribution in [-0.2, 0) is 0 Å². The van der Waals surface area contributed by atoms with Gasteiger partial charge in [-0.05, 0) is 12.0 Å². The van der Waals surface area contributed by atoms with Gasteiger partial charge in [-0.15, -0.1) is 11.8 Å². The third-order valence-electron chi connectivity index (χ3n) is 4.02. The quantitative estimate of drug-likeness (QED) is 0.147. The first kappa shape index (κ1) is 22.8. The van der Waals surface area contributed by atoms with Gasteiger partial charge in [-0.2, -0.15) is 0 Å². The largest absolute Gasteiger partial charge is 0.396 e. The first-order valence-corrected chi connectivity index (χ1v) is 9.14. The lowest BCUT2D eigenvalue weighted by molar-refractivity contribution is -0.00397. The van der Waals surface area contributed by atoms with Gasteiger partial charge in [0.05, 0.1) is 24.9 Å². The van der Waals surface area contributed by atoms with Crippen LogP contribution in [0.3, 0.4) is 0 Å². The molecule has 0 aromatic carbocycles. The molecular formula is C18H33N3O3. The van der Waals surface area contributed by atoms with Crippen molar-refractivity contribution >= 4 is 0 Å². The Bertz CT molecular complexity index is 400. The molecule has 24 heavy (non-hydrogen) atoms. The number of aliphatic hydroxyl groups is 3. The van der Waals surface area contributed by atoms with Gasteiger partial charge in [-0.1, -0.05) is 63.4 Å². The van der Waals surface area contributed by atoms with Crippen molar-refractivity contribution in [3.63, 3.8) is 0 Å². The van der Waals surface area contributed by atoms with Gasteiger partial charge in [0.25, 0.3) is 0 Å². The lowest BCUT2D eigenvalue weighted by Gasteiger charge is -2.20. The maximum absolute atomic E-state index is 9.76. The van der Waals surface area contributed by atoms with Crippen molar-refractivity contribution in [2.45, 2.75) is 95.8 Å². The molecule has 0 saturated carbocycles. The molecule has 0 aliphatic rings. The van der Waals surface area contributed by atoms with E-state index in [1.165, 1.54) is 51.4 Å². The molecule has 0 fully saturated rings. The fourth-order valence-corrected chi connectivity index (χ4v) is 2.45. The third-order valence-corrected chi connectivity index (χ3v) is 4.02. The van der Waals surface area contributed by atoms with Crippen LogP contribution in [0.2, 0.25) is 0 Å². The maximum Gasteiger partial charge on any atom is 0.0915 e. The summed E-state index contributed by atoms with van der Waals surface area (Å²) in [6.07, 6.45) is 9.91. The highest BCUT2D eigenvalue weighted by molar-refractivity contribution is 5.01. The van der Waals surface area contributed by atoms with Crippen LogP contribution in [0, 0.1) is 11.8 Å². The molecule has 6 nitrogen and oxygen atoms in total. The van der Waals surface area contributed by atoms with E-state index < -0.39 is 24.9 Å². The molecule has 0 bridgehead atoms. The van der Waals surface area contributed by atoms with Crippen LogP contribution in [0.4, 0.5) is 0 Å². The standard InChI is InChI=1S/C18H33N3O3/c1-2-3-4-5-6-7-8-9-10-11-12-13-14-17(23)18(24)16(15-22)20-21-19/h16-18,22-24H,2-11,14-15H2,1H3/t16-,17+,18-/m0/s1. The van der Waals surface area contributed by atoms with Crippen molar-refractivity contribution in [2.24, 2.45) is 5.11 Å². The van der Waals surface area contributed by atoms with Crippen molar-refractivity contribution in [1.29, 1.82) is 0 Å². The highest BCUT2D eigenvalue weighted by atomic mass is 16.3. The van der Waals surface area contributed by atoms with Crippen LogP contribution >= 0.6 is 0 Å². The van der Waals surface area contributed by atoms with Crippen LogP contribution in [-0.4, -0.2) is 40.2 Å². The Hall–Kier alpha value is -1.25. The van der Waals surface area contributed by atoms with E-state index in [9.17, 15) is 10.2 Å². The van der Waals surface area contributed by atoms with Gasteiger partial charge in [0, 0.05) is 17.8 Å². The van der Waals surface area contributed by atoms with Crippen molar-refractivity contribution in [3.8, 4) is 11.8 Å². The minimum absolute atomic E-state index is 0.107. The van der Waals surface area contributed by atoms with E-state index in [0.29, 0.717) is 0 Å². The van der Waals surface area contributed by atoms with Gasteiger partial charge in [-0.25, -0.2) is 0 Å². The third kappa shape index (κ3) is 12.2. The van der Waals surface area contributed by atoms with E-state index in [4.69, 9.17) is 10.6 Å². The predicted octanol–water partition coefficient (Wildman–Crippen LogP) is 3.69. The Morgan fingerprint density at radius 2 is 1.54 bits per heavy atom. The number of azide groups is 1. The van der Waals surface area contributed by atoms with E-state index in [0.717, 1.165) is 12.8 Å². The summed E-state index contributed by atoms with van der Waals surface area (Å²) in [5.74, 6) is 5.83. The van der Waals surface area contributed by atoms with Gasteiger partial charge < -0.3 is 15.3 Å². The molecular weight excluding hydrogens is 306 g/mol. The van der Waals surface area contributed by atoms with Gasteiger partial charge in [0.1, 0.15) is 0 Å². The van der Waals surface area contributed by atoms with Crippen LogP contribution < -0.4 is 0 Å². The summed E-state index contributed by atoms with van der Waals surface area (Å²) in [7, 11) is 0. The molecule has 0 spiro atoms. The zero-order valence-corrected chi connectivity index (χ0v) is 14.9. The summed E-state index contributed by atoms with van der Waals surface area (Å²) in [5.41, 5.74) is 8.31. The number of aliphatic hydroxyl groups excluding tert-OH is 3. The van der Waals surface area contributed by atoms with E-state index in [1.807, 2.05) is 0 Å². The minimum Gasteiger partial charge on any atom is -0.396 e. The highest BCUT2D eigenvalue weighted by Crippen LogP contribution is 2.10. The predicted molar refractivity (Wildman–Crippen MR) is 96.3 cm³/mol. The Balaban J connectivity index is 3.67. The first-order chi connectivity index (χ1) is 11.7. The molecule has 0 radical (unpaired) electrons. The molecule has 138 valence electrons. The SMILES string of the molecule is CCCCCCCCCCCC#CC[C@@H](O)[C@@H](O)[C@H](CO)N=[N+]=[N-]. The average molecular weight is 339 g/mol. The second-order valence-electron chi connectivity index (χ2n) is 6.15. The summed E-state index contributed by atoms with van der Waals surface area (Å²) < 4.78 is 0. The Labute approximate surface area is 145 Å². The first-order valence-electron chi connectivity index (χ1n) is 9.14. The number of rotatable bonds is 14. The van der Waals surface area contributed by atoms with Crippen molar-refractivity contribution in [1.82, 2.24) is 0 Å². The van der Waals surface area contributed by atoms with Crippen molar-refractivity contribution in [3.05, 3.63) is 10.4 Å². The smallest absolute Gasteiger partial charge is 0.0915 e. The van der Waals surface area contributed by atoms with Gasteiger partial charge in [-0.3, -0.25) is 0 Å². The molecule has 3 atom stereocenters. The highest BCUT2D eigenvalue weighted by Gasteiger charge is 2.24. The molecule has 0 rings (SSSR count). The van der Waals surface area contributed by atoms with Crippen LogP contribution in [0.25, 0.3) is 10.4 Å². The number of unbranched alkanes of at least 4 members (excludes halogenated alkanes) is 9. The second-order valence-corrected chi connectivity index (χ2v) is 6.15. The molecule has 0 amide bonds. The van der Waals surface area contributed by atoms with Crippen LogP contribution in [0.1, 0.15) is 77.6 Å². The minimum atomic E-state index is -1.30. The zero-order valence-electron chi connectivity index (χ0n) is 14.9. The van der Waals surface area contributed by atoms with Crippen molar-refractivity contribution < 1.29 is 15.3 Å². The maximum atomic E-state index is 9.76. The van der Waals surface area contributed by atoms with Gasteiger partial charge in [0.15, 0.2) is 0 Å². The molecule has 6 heteroatoms. The van der Waals surface area contributed by atoms with E-state index in [1.54, 1.807) is 0 Å². The monoisotopic (exact) mass is 339 g/mol. The zero-order chi connectivity index (χ0) is 18.0. The van der Waals surface area contributed by atoms with E-state index >= 15 is 0 Å². The van der Waals surface area contributed by atoms with E-state index in [2.05, 4.69) is 28.8 Å². The average Bonchev–Trinajstić information content (AvgIpc) is 2.59. The molecule has 0 heterocycles. The Morgan fingerprint density at radius 3 is 2.08 bits per heavy atom. The Kier molecular flexibility index (Phi) is 15.7. The molecule has 0 aromatic rings. The summed E-state index contributed by atoms with van der Waals surface area (Å²) >= 11 is 0. The fraction of sp³-hybridized carbons (Fsp3) is 0.889. The number of hydrogen-bond acceptors (Lipinski definition) is 4. The van der Waals surface area contributed by atoms with Crippen LogP contribution in [0.15, 0.2) is 5.11 Å². The Morgan fingerprint density at radius 1 is 0.958 bits per heavy atom. The summed E-state index contributed by atoms with van der Waals surface area (Å²) in [6.45, 7) is 1.72. The molecule has 0 aliphatic carbocycles. The summed E-state index contributed by atoms with van der Waals surface area (Å²) in [5, 5.41) is 31.7. The fourth-order valence-electron chi connectivity index (χ4n) is 2.45. The molecule has 0 aromatic heterocycles. The number of nitrogens with zero attached hydrogens (tertiary/aromatic N) is 3. The second kappa shape index (κ2) is 16.6. The van der Waals surface area contributed by atoms with Gasteiger partial charge >= 0.3 is 0 Å². The molecule has 0 aliphatic heterocycles. The lowest BCUT2D eigenvalue weighted by Crippen LogP contribution is -2.38. The lowest BCUT2D eigenvalue weighted by atomic mass is 10.0. The van der Waals surface area contributed by atoms with Gasteiger partial charge in [0.2, 0.25) is 0 Å². The molecule has 3 N–H and O–H groups in total.